The number of rotatable bonds is 9. The van der Waals surface area contributed by atoms with Crippen LogP contribution in [0.4, 0.5) is 11.5 Å². The van der Waals surface area contributed by atoms with Crippen molar-refractivity contribution in [3.63, 3.8) is 0 Å². The molecule has 1 aromatic heterocycles. The minimum absolute atomic E-state index is 0.00300. The van der Waals surface area contributed by atoms with Crippen molar-refractivity contribution >= 4 is 17.4 Å². The van der Waals surface area contributed by atoms with Crippen molar-refractivity contribution in [1.82, 2.24) is 9.55 Å². The van der Waals surface area contributed by atoms with Crippen LogP contribution in [-0.2, 0) is 11.3 Å². The van der Waals surface area contributed by atoms with Gasteiger partial charge in [0, 0.05) is 13.1 Å². The van der Waals surface area contributed by atoms with E-state index in [1.165, 1.54) is 9.47 Å². The first-order valence-corrected chi connectivity index (χ1v) is 9.97. The Morgan fingerprint density at radius 2 is 2.00 bits per heavy atom. The minimum Gasteiger partial charge on any atom is -0.481 e. The molecule has 0 aliphatic rings. The van der Waals surface area contributed by atoms with E-state index in [0.29, 0.717) is 18.7 Å². The predicted molar refractivity (Wildman–Crippen MR) is 115 cm³/mol. The lowest BCUT2D eigenvalue weighted by Crippen LogP contribution is -2.46. The molecule has 2 aromatic rings. The van der Waals surface area contributed by atoms with Gasteiger partial charge in [-0.3, -0.25) is 19.1 Å². The molecule has 0 spiro atoms. The Morgan fingerprint density at radius 3 is 2.62 bits per heavy atom. The van der Waals surface area contributed by atoms with Gasteiger partial charge in [0.05, 0.1) is 0 Å². The van der Waals surface area contributed by atoms with Crippen molar-refractivity contribution in [1.29, 1.82) is 0 Å². The zero-order chi connectivity index (χ0) is 21.6. The van der Waals surface area contributed by atoms with E-state index in [9.17, 15) is 14.4 Å². The van der Waals surface area contributed by atoms with Crippen molar-refractivity contribution < 1.29 is 9.53 Å². The van der Waals surface area contributed by atoms with Crippen molar-refractivity contribution in [3.8, 4) is 5.75 Å². The number of aryl methyl sites for hydroxylation is 1. The number of nitrogens with zero attached hydrogens (tertiary/aromatic N) is 2. The summed E-state index contributed by atoms with van der Waals surface area (Å²) in [5.41, 5.74) is 5.93. The molecule has 3 N–H and O–H groups in total. The van der Waals surface area contributed by atoms with Gasteiger partial charge in [0.15, 0.2) is 11.8 Å². The molecule has 158 valence electrons. The number of ether oxygens (including phenoxy) is 1. The number of nitrogens with one attached hydrogen (secondary N) is 1. The summed E-state index contributed by atoms with van der Waals surface area (Å²) in [6.07, 6.45) is 1.36. The lowest BCUT2D eigenvalue weighted by atomic mass is 10.2. The molecular weight excluding hydrogens is 372 g/mol. The number of benzene rings is 1. The molecule has 29 heavy (non-hydrogen) atoms. The van der Waals surface area contributed by atoms with Gasteiger partial charge in [0.25, 0.3) is 11.5 Å². The summed E-state index contributed by atoms with van der Waals surface area (Å²) < 4.78 is 7.10. The van der Waals surface area contributed by atoms with E-state index in [4.69, 9.17) is 10.5 Å². The number of hydrogen-bond acceptors (Lipinski definition) is 5. The number of H-pyrrole nitrogens is 1. The van der Waals surface area contributed by atoms with Crippen molar-refractivity contribution in [2.75, 3.05) is 17.2 Å². The number of carbonyl (C=O) groups excluding carboxylic acids is 1. The third-order valence-corrected chi connectivity index (χ3v) is 4.58. The predicted octanol–water partition coefficient (Wildman–Crippen LogP) is 2.44. The lowest BCUT2D eigenvalue weighted by Gasteiger charge is -2.27. The first-order valence-electron chi connectivity index (χ1n) is 9.97. The number of carbonyl (C=O) groups is 1. The quantitative estimate of drug-likeness (QED) is 0.669. The number of aromatic nitrogens is 2. The van der Waals surface area contributed by atoms with Crippen LogP contribution >= 0.6 is 0 Å². The number of aromatic amines is 1. The Hall–Kier alpha value is -3.03. The summed E-state index contributed by atoms with van der Waals surface area (Å²) in [6.45, 7) is 8.09. The van der Waals surface area contributed by atoms with Gasteiger partial charge in [-0.2, -0.15) is 0 Å². The van der Waals surface area contributed by atoms with Gasteiger partial charge in [0.2, 0.25) is 0 Å². The highest BCUT2D eigenvalue weighted by Crippen LogP contribution is 2.21. The second-order valence-corrected chi connectivity index (χ2v) is 7.06. The normalized spacial score (nSPS) is 11.9. The maximum absolute atomic E-state index is 13.1. The molecule has 0 saturated heterocycles. The highest BCUT2D eigenvalue weighted by molar-refractivity contribution is 5.98. The average molecular weight is 402 g/mol. The molecule has 1 aromatic carbocycles. The molecule has 0 saturated carbocycles. The summed E-state index contributed by atoms with van der Waals surface area (Å²) in [5, 5.41) is 0. The maximum atomic E-state index is 13.1. The van der Waals surface area contributed by atoms with Crippen molar-refractivity contribution in [2.24, 2.45) is 0 Å². The number of nitrogen functional groups attached to an aromatic ring is 1. The highest BCUT2D eigenvalue weighted by atomic mass is 16.5. The second kappa shape index (κ2) is 9.95. The Balaban J connectivity index is 2.40. The SMILES string of the molecule is CCCCn1c(N)c(N(CCC)C(=O)[C@H](C)Oc2cccc(C)c2)c(=O)[nH]c1=O. The number of unbranched alkanes of at least 4 members (excludes halogenated alkanes) is 1. The van der Waals surface area contributed by atoms with Crippen LogP contribution in [-0.4, -0.2) is 28.1 Å². The van der Waals surface area contributed by atoms with E-state index >= 15 is 0 Å². The van der Waals surface area contributed by atoms with Crippen molar-refractivity contribution in [2.45, 2.75) is 59.6 Å². The molecule has 8 heteroatoms. The molecular formula is C21H30N4O4. The topological polar surface area (TPSA) is 110 Å². The van der Waals surface area contributed by atoms with Crippen LogP contribution < -0.4 is 26.6 Å². The third kappa shape index (κ3) is 5.28. The lowest BCUT2D eigenvalue weighted by molar-refractivity contribution is -0.124. The van der Waals surface area contributed by atoms with Gasteiger partial charge in [-0.1, -0.05) is 32.4 Å². The second-order valence-electron chi connectivity index (χ2n) is 7.06. The van der Waals surface area contributed by atoms with E-state index in [-0.39, 0.29) is 18.1 Å². The molecule has 0 aliphatic carbocycles. The summed E-state index contributed by atoms with van der Waals surface area (Å²) in [6, 6.07) is 7.38. The number of hydrogen-bond donors (Lipinski definition) is 2. The fourth-order valence-corrected chi connectivity index (χ4v) is 3.09. The van der Waals surface area contributed by atoms with Gasteiger partial charge >= 0.3 is 5.69 Å². The fourth-order valence-electron chi connectivity index (χ4n) is 3.09. The molecule has 1 atom stereocenters. The van der Waals surface area contributed by atoms with Gasteiger partial charge in [-0.15, -0.1) is 0 Å². The zero-order valence-corrected chi connectivity index (χ0v) is 17.5. The van der Waals surface area contributed by atoms with E-state index < -0.39 is 23.3 Å². The van der Waals surface area contributed by atoms with E-state index in [1.54, 1.807) is 13.0 Å². The van der Waals surface area contributed by atoms with Crippen LogP contribution in [0.1, 0.15) is 45.6 Å². The molecule has 0 aliphatic heterocycles. The summed E-state index contributed by atoms with van der Waals surface area (Å²) in [4.78, 5) is 41.5. The largest absolute Gasteiger partial charge is 0.481 e. The Kier molecular flexibility index (Phi) is 7.64. The first-order chi connectivity index (χ1) is 13.8. The standard InChI is InChI=1S/C21H30N4O4/c1-5-7-12-25-18(22)17(19(26)23-21(25)28)24(11-6-2)20(27)15(4)29-16-10-8-9-14(3)13-16/h8-10,13,15H,5-7,11-12,22H2,1-4H3,(H,23,26,28)/t15-/m0/s1. The van der Waals surface area contributed by atoms with Gasteiger partial charge < -0.3 is 15.4 Å². The fraction of sp³-hybridized carbons (Fsp3) is 0.476. The van der Waals surface area contributed by atoms with Crippen LogP contribution in [0, 0.1) is 6.92 Å². The minimum atomic E-state index is -0.835. The number of amides is 1. The Labute approximate surface area is 170 Å². The number of anilines is 2. The molecule has 2 rings (SSSR count). The maximum Gasteiger partial charge on any atom is 0.330 e. The summed E-state index contributed by atoms with van der Waals surface area (Å²) in [5.74, 6) is 0.167. The van der Waals surface area contributed by atoms with Crippen LogP contribution in [0.3, 0.4) is 0 Å². The van der Waals surface area contributed by atoms with Crippen LogP contribution in [0.15, 0.2) is 33.9 Å². The number of nitrogens with two attached hydrogens (primary N) is 1. The molecule has 0 fully saturated rings. The smallest absolute Gasteiger partial charge is 0.330 e. The van der Waals surface area contributed by atoms with Crippen LogP contribution in [0.2, 0.25) is 0 Å². The monoisotopic (exact) mass is 402 g/mol. The summed E-state index contributed by atoms with van der Waals surface area (Å²) in [7, 11) is 0. The first kappa shape index (κ1) is 22.3. The zero-order valence-electron chi connectivity index (χ0n) is 17.5. The highest BCUT2D eigenvalue weighted by Gasteiger charge is 2.28. The van der Waals surface area contributed by atoms with E-state index in [1.807, 2.05) is 39.0 Å². The molecule has 1 heterocycles. The summed E-state index contributed by atoms with van der Waals surface area (Å²) >= 11 is 0. The van der Waals surface area contributed by atoms with Gasteiger partial charge in [-0.25, -0.2) is 4.79 Å². The molecule has 0 unspecified atom stereocenters. The van der Waals surface area contributed by atoms with Crippen LogP contribution in [0.25, 0.3) is 0 Å². The van der Waals surface area contributed by atoms with Gasteiger partial charge in [-0.05, 0) is 44.4 Å². The van der Waals surface area contributed by atoms with E-state index in [2.05, 4.69) is 4.98 Å². The van der Waals surface area contributed by atoms with E-state index in [0.717, 1.165) is 18.4 Å². The molecule has 0 radical (unpaired) electrons. The Morgan fingerprint density at radius 1 is 1.28 bits per heavy atom. The van der Waals surface area contributed by atoms with Crippen molar-refractivity contribution in [3.05, 3.63) is 50.7 Å². The molecule has 0 bridgehead atoms. The van der Waals surface area contributed by atoms with Crippen LogP contribution in [0.5, 0.6) is 5.75 Å². The third-order valence-electron chi connectivity index (χ3n) is 4.58. The average Bonchev–Trinajstić information content (AvgIpc) is 2.66. The molecule has 8 nitrogen and oxygen atoms in total. The molecule has 1 amide bonds. The Bertz CT molecular complexity index is 964. The van der Waals surface area contributed by atoms with Gasteiger partial charge in [0.1, 0.15) is 11.6 Å².